The Hall–Kier alpha value is -3.06. The lowest BCUT2D eigenvalue weighted by atomic mass is 10.00. The number of carboxylic acids is 1. The second-order valence-corrected chi connectivity index (χ2v) is 7.81. The van der Waals surface area contributed by atoms with Crippen LogP contribution in [0, 0.1) is 0 Å². The zero-order valence-corrected chi connectivity index (χ0v) is 17.5. The fourth-order valence-corrected chi connectivity index (χ4v) is 3.62. The Labute approximate surface area is 176 Å². The van der Waals surface area contributed by atoms with Gasteiger partial charge in [0.2, 0.25) is 5.91 Å². The number of aliphatic carboxylic acids is 1. The molecule has 0 aromatic heterocycles. The Kier molecular flexibility index (Phi) is 6.95. The average Bonchev–Trinajstić information content (AvgIpc) is 3.12. The second-order valence-electron chi connectivity index (χ2n) is 7.81. The summed E-state index contributed by atoms with van der Waals surface area (Å²) in [5.41, 5.74) is 11.0. The van der Waals surface area contributed by atoms with E-state index in [1.54, 1.807) is 4.90 Å². The number of nitrogen functional groups attached to an aromatic ring is 1. The van der Waals surface area contributed by atoms with Gasteiger partial charge in [-0.3, -0.25) is 9.59 Å². The van der Waals surface area contributed by atoms with Gasteiger partial charge < -0.3 is 25.8 Å². The van der Waals surface area contributed by atoms with Crippen LogP contribution in [0.1, 0.15) is 42.9 Å². The molecule has 0 aliphatic carbocycles. The minimum Gasteiger partial charge on any atom is -0.489 e. The molecule has 3 rings (SSSR count). The maximum absolute atomic E-state index is 12.4. The lowest BCUT2D eigenvalue weighted by molar-refractivity contribution is -0.137. The molecule has 2 aromatic rings. The maximum atomic E-state index is 12.4. The van der Waals surface area contributed by atoms with Crippen molar-refractivity contribution >= 4 is 23.3 Å². The number of benzene rings is 2. The molecule has 0 fully saturated rings. The number of fused-ring (bicyclic) bond motifs is 1. The Bertz CT molecular complexity index is 927. The van der Waals surface area contributed by atoms with Gasteiger partial charge in [0.1, 0.15) is 12.4 Å². The Morgan fingerprint density at radius 3 is 2.73 bits per heavy atom. The van der Waals surface area contributed by atoms with Crippen molar-refractivity contribution in [2.45, 2.75) is 39.2 Å². The molecule has 0 unspecified atom stereocenters. The zero-order valence-electron chi connectivity index (χ0n) is 17.5. The lowest BCUT2D eigenvalue weighted by Gasteiger charge is -2.18. The van der Waals surface area contributed by atoms with Crippen LogP contribution >= 0.6 is 0 Å². The number of carbonyl (C=O) groups excluding carboxylic acids is 1. The number of rotatable bonds is 9. The van der Waals surface area contributed by atoms with E-state index >= 15 is 0 Å². The highest BCUT2D eigenvalue weighted by molar-refractivity contribution is 5.96. The van der Waals surface area contributed by atoms with Gasteiger partial charge in [-0.05, 0) is 53.3 Å². The Morgan fingerprint density at radius 2 is 2.03 bits per heavy atom. The van der Waals surface area contributed by atoms with Gasteiger partial charge in [-0.25, -0.2) is 0 Å². The maximum Gasteiger partial charge on any atom is 0.304 e. The number of nitrogens with one attached hydrogen (secondary N) is 1. The van der Waals surface area contributed by atoms with Gasteiger partial charge >= 0.3 is 5.97 Å². The molecular formula is C23H29N3O4. The summed E-state index contributed by atoms with van der Waals surface area (Å²) < 4.78 is 5.94. The highest BCUT2D eigenvalue weighted by Gasteiger charge is 2.24. The number of nitrogens with two attached hydrogens (primary N) is 1. The number of anilines is 2. The van der Waals surface area contributed by atoms with Crippen molar-refractivity contribution in [2.75, 3.05) is 30.3 Å². The first-order valence-electron chi connectivity index (χ1n) is 10.2. The molecule has 0 bridgehead atoms. The minimum absolute atomic E-state index is 0.00356. The van der Waals surface area contributed by atoms with Gasteiger partial charge in [-0.2, -0.15) is 0 Å². The van der Waals surface area contributed by atoms with Crippen LogP contribution in [0.4, 0.5) is 11.4 Å². The monoisotopic (exact) mass is 411 g/mol. The molecule has 30 heavy (non-hydrogen) atoms. The Morgan fingerprint density at radius 1 is 1.23 bits per heavy atom. The predicted octanol–water partition coefficient (Wildman–Crippen LogP) is 2.92. The number of ether oxygens (including phenoxy) is 1. The summed E-state index contributed by atoms with van der Waals surface area (Å²) in [6.45, 7) is 5.68. The molecular weight excluding hydrogens is 382 g/mol. The third-order valence-corrected chi connectivity index (χ3v) is 5.22. The summed E-state index contributed by atoms with van der Waals surface area (Å²) in [6.07, 6.45) is 0.764. The van der Waals surface area contributed by atoms with Gasteiger partial charge in [0.05, 0.1) is 13.0 Å². The summed E-state index contributed by atoms with van der Waals surface area (Å²) in [7, 11) is 0. The quantitative estimate of drug-likeness (QED) is 0.433. The van der Waals surface area contributed by atoms with Crippen molar-refractivity contribution in [1.29, 1.82) is 0 Å². The number of nitrogens with zero attached hydrogens (tertiary/aromatic N) is 1. The second kappa shape index (κ2) is 9.63. The van der Waals surface area contributed by atoms with Crippen LogP contribution < -0.4 is 20.7 Å². The number of carboxylic acid groups (broad SMARTS) is 1. The third kappa shape index (κ3) is 5.30. The average molecular weight is 412 g/mol. The topological polar surface area (TPSA) is 105 Å². The lowest BCUT2D eigenvalue weighted by Crippen LogP contribution is -2.37. The number of carbonyl (C=O) groups is 2. The van der Waals surface area contributed by atoms with Crippen LogP contribution in [-0.2, 0) is 22.6 Å². The fraction of sp³-hybridized carbons (Fsp3) is 0.391. The van der Waals surface area contributed by atoms with Crippen LogP contribution in [0.2, 0.25) is 0 Å². The van der Waals surface area contributed by atoms with E-state index < -0.39 is 5.97 Å². The SMILES string of the molecule is CC(C)c1ccc(COc2ccc3c(c2)CCN3C(=O)CNCCC(=O)O)cc1N. The standard InChI is InChI=1S/C23H29N3O4/c1-15(2)19-5-3-16(11-20(19)24)14-30-18-4-6-21-17(12-18)8-10-26(21)22(27)13-25-9-7-23(28)29/h3-6,11-12,15,25H,7-10,13-14,24H2,1-2H3,(H,28,29). The highest BCUT2D eigenvalue weighted by atomic mass is 16.5. The van der Waals surface area contributed by atoms with E-state index in [0.717, 1.165) is 40.2 Å². The summed E-state index contributed by atoms with van der Waals surface area (Å²) in [5, 5.41) is 11.5. The van der Waals surface area contributed by atoms with Crippen molar-refractivity contribution in [1.82, 2.24) is 5.32 Å². The number of hydrogen-bond acceptors (Lipinski definition) is 5. The summed E-state index contributed by atoms with van der Waals surface area (Å²) >= 11 is 0. The van der Waals surface area contributed by atoms with Crippen LogP contribution in [0.3, 0.4) is 0 Å². The first-order chi connectivity index (χ1) is 14.3. The molecule has 1 aliphatic rings. The molecule has 7 nitrogen and oxygen atoms in total. The van der Waals surface area contributed by atoms with E-state index in [1.807, 2.05) is 30.3 Å². The third-order valence-electron chi connectivity index (χ3n) is 5.22. The van der Waals surface area contributed by atoms with Crippen LogP contribution in [0.15, 0.2) is 36.4 Å². The molecule has 160 valence electrons. The van der Waals surface area contributed by atoms with Crippen LogP contribution in [0.5, 0.6) is 5.75 Å². The van der Waals surface area contributed by atoms with Gasteiger partial charge in [0.25, 0.3) is 0 Å². The van der Waals surface area contributed by atoms with Gasteiger partial charge in [-0.15, -0.1) is 0 Å². The van der Waals surface area contributed by atoms with Crippen molar-refractivity contribution in [3.63, 3.8) is 0 Å². The van der Waals surface area contributed by atoms with E-state index in [4.69, 9.17) is 15.6 Å². The van der Waals surface area contributed by atoms with Crippen molar-refractivity contribution in [3.8, 4) is 5.75 Å². The molecule has 7 heteroatoms. The first-order valence-corrected chi connectivity index (χ1v) is 10.2. The largest absolute Gasteiger partial charge is 0.489 e. The molecule has 1 aliphatic heterocycles. The van der Waals surface area contributed by atoms with E-state index in [9.17, 15) is 9.59 Å². The van der Waals surface area contributed by atoms with Crippen LogP contribution in [-0.4, -0.2) is 36.6 Å². The first kappa shape index (κ1) is 21.6. The number of hydrogen-bond donors (Lipinski definition) is 3. The molecule has 0 saturated carbocycles. The van der Waals surface area contributed by atoms with Crippen molar-refractivity contribution < 1.29 is 19.4 Å². The molecule has 0 spiro atoms. The van der Waals surface area contributed by atoms with E-state index in [0.29, 0.717) is 19.1 Å². The van der Waals surface area contributed by atoms with Gasteiger partial charge in [0, 0.05) is 24.5 Å². The Balaban J connectivity index is 1.57. The predicted molar refractivity (Wildman–Crippen MR) is 117 cm³/mol. The normalized spacial score (nSPS) is 12.8. The number of amides is 1. The summed E-state index contributed by atoms with van der Waals surface area (Å²) in [5.74, 6) is 0.199. The van der Waals surface area contributed by atoms with E-state index in [2.05, 4.69) is 25.2 Å². The molecule has 0 saturated heterocycles. The molecule has 1 amide bonds. The summed E-state index contributed by atoms with van der Waals surface area (Å²) in [6, 6.07) is 11.8. The highest BCUT2D eigenvalue weighted by Crippen LogP contribution is 2.32. The molecule has 0 radical (unpaired) electrons. The molecule has 1 heterocycles. The van der Waals surface area contributed by atoms with E-state index in [1.165, 1.54) is 0 Å². The van der Waals surface area contributed by atoms with Crippen molar-refractivity contribution in [2.24, 2.45) is 0 Å². The van der Waals surface area contributed by atoms with Gasteiger partial charge in [0.15, 0.2) is 0 Å². The summed E-state index contributed by atoms with van der Waals surface area (Å²) in [4.78, 5) is 24.7. The van der Waals surface area contributed by atoms with E-state index in [-0.39, 0.29) is 25.4 Å². The van der Waals surface area contributed by atoms with Crippen molar-refractivity contribution in [3.05, 3.63) is 53.1 Å². The molecule has 4 N–H and O–H groups in total. The molecule has 2 aromatic carbocycles. The fourth-order valence-electron chi connectivity index (χ4n) is 3.62. The molecule has 0 atom stereocenters. The smallest absolute Gasteiger partial charge is 0.304 e. The van der Waals surface area contributed by atoms with Gasteiger partial charge in [-0.1, -0.05) is 26.0 Å². The minimum atomic E-state index is -0.882. The van der Waals surface area contributed by atoms with Crippen LogP contribution in [0.25, 0.3) is 0 Å². The zero-order chi connectivity index (χ0) is 21.7.